The van der Waals surface area contributed by atoms with E-state index in [2.05, 4.69) is 0 Å². The van der Waals surface area contributed by atoms with Crippen molar-refractivity contribution < 1.29 is 47.0 Å². The van der Waals surface area contributed by atoms with Gasteiger partial charge in [-0.05, 0) is 0 Å². The van der Waals surface area contributed by atoms with Crippen LogP contribution < -0.4 is 0 Å². The van der Waals surface area contributed by atoms with Gasteiger partial charge < -0.3 is 11.0 Å². The van der Waals surface area contributed by atoms with Crippen molar-refractivity contribution in [2.75, 3.05) is 0 Å². The first-order valence-corrected chi connectivity index (χ1v) is 2.10. The first-order chi connectivity index (χ1) is 2.00. The molecule has 8 heteroatoms. The zero-order valence-corrected chi connectivity index (χ0v) is 5.78. The smallest absolute Gasteiger partial charge is 0.394 e. The fourth-order valence-electron chi connectivity index (χ4n) is 0. The summed E-state index contributed by atoms with van der Waals surface area (Å²) in [5, 5.41) is 0. The summed E-state index contributed by atoms with van der Waals surface area (Å²) in [6, 6.07) is 0. The van der Waals surface area contributed by atoms with E-state index in [9.17, 15) is 0 Å². The van der Waals surface area contributed by atoms with Gasteiger partial charge in [0.25, 0.3) is 0 Å². The predicted molar refractivity (Wildman–Crippen MR) is 21.4 cm³/mol. The predicted octanol–water partition coefficient (Wildman–Crippen LogP) is -2.30. The van der Waals surface area contributed by atoms with Gasteiger partial charge in [0, 0.05) is 18.6 Å². The van der Waals surface area contributed by atoms with Crippen molar-refractivity contribution in [1.82, 2.24) is 0 Å². The van der Waals surface area contributed by atoms with Crippen LogP contribution in [0.15, 0.2) is 0 Å². The minimum absolute atomic E-state index is 0. The summed E-state index contributed by atoms with van der Waals surface area (Å²) in [7, 11) is -4.67. The molecule has 0 aliphatic heterocycles. The van der Waals surface area contributed by atoms with Crippen LogP contribution in [0.3, 0.4) is 0 Å². The Morgan fingerprint density at radius 1 is 1.00 bits per heavy atom. The Balaban J connectivity index is -0.0000000267. The molecule has 8 heavy (non-hydrogen) atoms. The summed E-state index contributed by atoms with van der Waals surface area (Å²) >= 11 is 0. The van der Waals surface area contributed by atoms with Gasteiger partial charge in [0.2, 0.25) is 0 Å². The van der Waals surface area contributed by atoms with E-state index in [1.165, 1.54) is 0 Å². The molecule has 0 heterocycles. The molecule has 0 spiro atoms. The molecule has 0 fully saturated rings. The van der Waals surface area contributed by atoms with Gasteiger partial charge in [-0.25, -0.2) is 0 Å². The minimum atomic E-state index is -4.67. The van der Waals surface area contributed by atoms with Crippen LogP contribution in [-0.2, 0) is 29.0 Å². The Labute approximate surface area is 58.0 Å². The van der Waals surface area contributed by atoms with Crippen molar-refractivity contribution in [1.29, 1.82) is 0 Å². The Morgan fingerprint density at radius 3 is 1.00 bits per heavy atom. The molecule has 53 valence electrons. The van der Waals surface area contributed by atoms with Crippen LogP contribution in [0.25, 0.3) is 0 Å². The summed E-state index contributed by atoms with van der Waals surface area (Å²) in [6.45, 7) is 0. The second kappa shape index (κ2) is 7.37. The second-order valence-corrected chi connectivity index (χ2v) is 1.34. The normalized spacial score (nSPS) is 7.25. The fraction of sp³-hybridized carbons (Fsp3) is 0. The monoisotopic (exact) mass is 185 g/mol. The molecule has 6 nitrogen and oxygen atoms in total. The first kappa shape index (κ1) is 23.8. The molecule has 1 radical (unpaired) electrons. The molecule has 0 amide bonds. The zero-order valence-electron chi connectivity index (χ0n) is 3.57. The minimum Gasteiger partial charge on any atom is -0.412 e. The van der Waals surface area contributed by atoms with Crippen LogP contribution in [0, 0.1) is 0 Å². The van der Waals surface area contributed by atoms with Gasteiger partial charge >= 0.3 is 10.4 Å². The van der Waals surface area contributed by atoms with Gasteiger partial charge in [-0.3, -0.25) is 9.11 Å². The van der Waals surface area contributed by atoms with Crippen molar-refractivity contribution in [2.24, 2.45) is 0 Å². The molecule has 0 saturated carbocycles. The average molecular weight is 185 g/mol. The molecular formula is H6O6SV. The van der Waals surface area contributed by atoms with Crippen molar-refractivity contribution in [3.05, 3.63) is 0 Å². The Morgan fingerprint density at radius 2 is 1.00 bits per heavy atom. The van der Waals surface area contributed by atoms with E-state index >= 15 is 0 Å². The maximum atomic E-state index is 8.74. The van der Waals surface area contributed by atoms with Crippen LogP contribution in [0.5, 0.6) is 0 Å². The molecule has 0 aromatic rings. The molecule has 6 N–H and O–H groups in total. The molecule has 0 saturated heterocycles. The van der Waals surface area contributed by atoms with Crippen LogP contribution in [0.2, 0.25) is 0 Å². The largest absolute Gasteiger partial charge is 0.412 e. The molecular weight excluding hydrogens is 179 g/mol. The van der Waals surface area contributed by atoms with Crippen LogP contribution in [-0.4, -0.2) is 28.5 Å². The Bertz CT molecular complexity index is 91.7. The van der Waals surface area contributed by atoms with Crippen LogP contribution in [0.1, 0.15) is 0 Å². The summed E-state index contributed by atoms with van der Waals surface area (Å²) < 4.78 is 31.6. The van der Waals surface area contributed by atoms with Crippen molar-refractivity contribution in [3.63, 3.8) is 0 Å². The van der Waals surface area contributed by atoms with E-state index in [-0.39, 0.29) is 29.5 Å². The Hall–Kier alpha value is 0.374. The number of hydrogen-bond donors (Lipinski definition) is 2. The third-order valence-corrected chi connectivity index (χ3v) is 0. The van der Waals surface area contributed by atoms with Gasteiger partial charge in [0.15, 0.2) is 0 Å². The van der Waals surface area contributed by atoms with E-state index in [1.807, 2.05) is 0 Å². The fourth-order valence-corrected chi connectivity index (χ4v) is 0. The number of rotatable bonds is 0. The summed E-state index contributed by atoms with van der Waals surface area (Å²) in [5.74, 6) is 0. The number of hydrogen-bond acceptors (Lipinski definition) is 2. The Kier molecular flexibility index (Phi) is 21.9. The second-order valence-electron chi connectivity index (χ2n) is 0.448. The standard InChI is InChI=1S/H2O4S.2H2O.V/c1-5(2,3)4;;;/h(H2,1,2,3,4);2*1H2;. The van der Waals surface area contributed by atoms with Crippen molar-refractivity contribution >= 4 is 10.4 Å². The van der Waals surface area contributed by atoms with E-state index < -0.39 is 10.4 Å². The van der Waals surface area contributed by atoms with Gasteiger partial charge in [0.1, 0.15) is 0 Å². The summed E-state index contributed by atoms with van der Waals surface area (Å²) in [6.07, 6.45) is 0. The third kappa shape index (κ3) is 1310. The molecule has 0 bridgehead atoms. The SMILES string of the molecule is O.O.O=S(=O)(O)O.[V]. The average Bonchev–Trinajstić information content (AvgIpc) is 0.722. The summed E-state index contributed by atoms with van der Waals surface area (Å²) in [5.41, 5.74) is 0. The topological polar surface area (TPSA) is 138 Å². The van der Waals surface area contributed by atoms with Crippen molar-refractivity contribution in [3.8, 4) is 0 Å². The van der Waals surface area contributed by atoms with Crippen LogP contribution in [0.4, 0.5) is 0 Å². The van der Waals surface area contributed by atoms with Gasteiger partial charge in [-0.2, -0.15) is 8.42 Å². The van der Waals surface area contributed by atoms with Gasteiger partial charge in [0.05, 0.1) is 0 Å². The van der Waals surface area contributed by atoms with Gasteiger partial charge in [-0.15, -0.1) is 0 Å². The summed E-state index contributed by atoms with van der Waals surface area (Å²) in [4.78, 5) is 0. The van der Waals surface area contributed by atoms with Gasteiger partial charge in [-0.1, -0.05) is 0 Å². The maximum absolute atomic E-state index is 8.74. The molecule has 0 aromatic heterocycles. The maximum Gasteiger partial charge on any atom is 0.394 e. The molecule has 0 atom stereocenters. The third-order valence-electron chi connectivity index (χ3n) is 0. The van der Waals surface area contributed by atoms with Crippen molar-refractivity contribution in [2.45, 2.75) is 0 Å². The van der Waals surface area contributed by atoms with E-state index in [1.54, 1.807) is 0 Å². The zero-order chi connectivity index (χ0) is 4.50. The quantitative estimate of drug-likeness (QED) is 0.409. The molecule has 0 aliphatic rings. The molecule has 0 aromatic carbocycles. The first-order valence-electron chi connectivity index (χ1n) is 0.698. The van der Waals surface area contributed by atoms with Crippen LogP contribution >= 0.6 is 0 Å². The molecule has 0 rings (SSSR count). The van der Waals surface area contributed by atoms with E-state index in [0.29, 0.717) is 0 Å². The molecule has 0 unspecified atom stereocenters. The van der Waals surface area contributed by atoms with E-state index in [4.69, 9.17) is 17.5 Å². The van der Waals surface area contributed by atoms with E-state index in [0.717, 1.165) is 0 Å². The molecule has 0 aliphatic carbocycles.